The molecule has 0 spiro atoms. The molecule has 31 heavy (non-hydrogen) atoms. The van der Waals surface area contributed by atoms with Crippen LogP contribution in [0.5, 0.6) is 0 Å². The molecule has 6 nitrogen and oxygen atoms in total. The van der Waals surface area contributed by atoms with E-state index < -0.39 is 45.2 Å². The smallest absolute Gasteiger partial charge is 0.303 e. The Balaban J connectivity index is 1.76. The number of fused-ring (bicyclic) bond motifs is 5. The van der Waals surface area contributed by atoms with Crippen LogP contribution < -0.4 is 0 Å². The lowest BCUT2D eigenvalue weighted by molar-refractivity contribution is -0.181. The summed E-state index contributed by atoms with van der Waals surface area (Å²) >= 11 is 3.97. The number of hydrogen-bond acceptors (Lipinski definition) is 6. The monoisotopic (exact) mass is 494 g/mol. The standard InChI is InChI=1S/C24H31BrO6/c1-13-9-18-17-6-5-15-10-16(27)7-8-21(15,3)23(17,25)19(28)11-22(18,4)24(13,30)20(29)12-31-14(2)26/h7-8,10,13,17-19,28,30H,5-6,9,11-12H2,1-4H3/t13-,17?,18?,19+,21+,22+,23+,24+/m1/s1. The first kappa shape index (κ1) is 22.9. The third-order valence-electron chi connectivity index (χ3n) is 9.05. The highest BCUT2D eigenvalue weighted by Gasteiger charge is 2.74. The molecule has 4 rings (SSSR count). The van der Waals surface area contributed by atoms with Crippen LogP contribution in [0.3, 0.4) is 0 Å². The Kier molecular flexibility index (Phi) is 5.23. The Bertz CT molecular complexity index is 910. The van der Waals surface area contributed by atoms with Crippen LogP contribution in [0.25, 0.3) is 0 Å². The fourth-order valence-electron chi connectivity index (χ4n) is 7.42. The van der Waals surface area contributed by atoms with Gasteiger partial charge in [-0.1, -0.05) is 48.4 Å². The van der Waals surface area contributed by atoms with Crippen LogP contribution in [0, 0.1) is 28.6 Å². The molecule has 0 heterocycles. The molecule has 0 aromatic heterocycles. The highest BCUT2D eigenvalue weighted by atomic mass is 79.9. The van der Waals surface area contributed by atoms with Crippen molar-refractivity contribution >= 4 is 33.5 Å². The molecule has 0 aromatic carbocycles. The summed E-state index contributed by atoms with van der Waals surface area (Å²) in [4.78, 5) is 36.4. The number of hydrogen-bond donors (Lipinski definition) is 2. The molecule has 7 heteroatoms. The maximum Gasteiger partial charge on any atom is 0.303 e. The highest BCUT2D eigenvalue weighted by molar-refractivity contribution is 9.10. The second kappa shape index (κ2) is 7.09. The largest absolute Gasteiger partial charge is 0.458 e. The van der Waals surface area contributed by atoms with E-state index in [0.29, 0.717) is 6.42 Å². The van der Waals surface area contributed by atoms with Crippen molar-refractivity contribution in [3.8, 4) is 0 Å². The minimum Gasteiger partial charge on any atom is -0.458 e. The minimum absolute atomic E-state index is 0.000692. The molecule has 0 aromatic rings. The first-order chi connectivity index (χ1) is 14.3. The third kappa shape index (κ3) is 2.78. The van der Waals surface area contributed by atoms with Crippen LogP contribution in [-0.2, 0) is 19.1 Å². The van der Waals surface area contributed by atoms with Crippen LogP contribution in [0.1, 0.15) is 53.4 Å². The number of allylic oxidation sites excluding steroid dienone is 4. The van der Waals surface area contributed by atoms with Gasteiger partial charge in [0.15, 0.2) is 12.4 Å². The van der Waals surface area contributed by atoms with Crippen molar-refractivity contribution < 1.29 is 29.3 Å². The van der Waals surface area contributed by atoms with Gasteiger partial charge in [-0.15, -0.1) is 0 Å². The van der Waals surface area contributed by atoms with Crippen LogP contribution >= 0.6 is 15.9 Å². The number of halogens is 1. The molecule has 3 saturated carbocycles. The molecule has 4 aliphatic rings. The highest BCUT2D eigenvalue weighted by Crippen LogP contribution is 2.71. The zero-order chi connectivity index (χ0) is 23.0. The Morgan fingerprint density at radius 1 is 1.29 bits per heavy atom. The summed E-state index contributed by atoms with van der Waals surface area (Å²) in [6, 6.07) is 0. The van der Waals surface area contributed by atoms with Gasteiger partial charge in [0.1, 0.15) is 5.60 Å². The molecule has 0 amide bonds. The van der Waals surface area contributed by atoms with Crippen LogP contribution in [0.4, 0.5) is 0 Å². The molecule has 170 valence electrons. The van der Waals surface area contributed by atoms with E-state index in [-0.39, 0.29) is 30.0 Å². The third-order valence-corrected chi connectivity index (χ3v) is 11.0. The molecular formula is C24H31BrO6. The Morgan fingerprint density at radius 2 is 1.97 bits per heavy atom. The maximum atomic E-state index is 13.1. The summed E-state index contributed by atoms with van der Waals surface area (Å²) in [5.41, 5.74) is -2.05. The van der Waals surface area contributed by atoms with Crippen LogP contribution in [-0.4, -0.2) is 50.4 Å². The number of aliphatic hydroxyl groups excluding tert-OH is 1. The molecule has 4 aliphatic carbocycles. The summed E-state index contributed by atoms with van der Waals surface area (Å²) in [5.74, 6) is -1.44. The Morgan fingerprint density at radius 3 is 2.61 bits per heavy atom. The number of ether oxygens (including phenoxy) is 1. The van der Waals surface area contributed by atoms with E-state index >= 15 is 0 Å². The predicted molar refractivity (Wildman–Crippen MR) is 117 cm³/mol. The van der Waals surface area contributed by atoms with E-state index in [1.54, 1.807) is 12.2 Å². The molecular weight excluding hydrogens is 464 g/mol. The van der Waals surface area contributed by atoms with Gasteiger partial charge >= 0.3 is 5.97 Å². The van der Waals surface area contributed by atoms with Crippen molar-refractivity contribution in [3.63, 3.8) is 0 Å². The fourth-order valence-corrected chi connectivity index (χ4v) is 8.51. The summed E-state index contributed by atoms with van der Waals surface area (Å²) in [5, 5.41) is 23.3. The van der Waals surface area contributed by atoms with Crippen molar-refractivity contribution in [2.75, 3.05) is 6.61 Å². The van der Waals surface area contributed by atoms with Crippen molar-refractivity contribution in [1.82, 2.24) is 0 Å². The average Bonchev–Trinajstić information content (AvgIpc) is 2.89. The number of aliphatic hydroxyl groups is 2. The van der Waals surface area contributed by atoms with Gasteiger partial charge in [0, 0.05) is 17.8 Å². The van der Waals surface area contributed by atoms with E-state index in [4.69, 9.17) is 4.74 Å². The average molecular weight is 495 g/mol. The van der Waals surface area contributed by atoms with Crippen molar-refractivity contribution in [2.24, 2.45) is 28.6 Å². The lowest BCUT2D eigenvalue weighted by Crippen LogP contribution is -2.68. The molecule has 2 unspecified atom stereocenters. The second-order valence-electron chi connectivity index (χ2n) is 10.4. The first-order valence-corrected chi connectivity index (χ1v) is 11.8. The zero-order valence-corrected chi connectivity index (χ0v) is 20.1. The Hall–Kier alpha value is -1.31. The van der Waals surface area contributed by atoms with E-state index in [9.17, 15) is 24.6 Å². The van der Waals surface area contributed by atoms with Gasteiger partial charge in [0.25, 0.3) is 0 Å². The van der Waals surface area contributed by atoms with Gasteiger partial charge in [0.2, 0.25) is 5.78 Å². The summed E-state index contributed by atoms with van der Waals surface area (Å²) in [6.45, 7) is 6.60. The van der Waals surface area contributed by atoms with Gasteiger partial charge in [-0.2, -0.15) is 0 Å². The zero-order valence-electron chi connectivity index (χ0n) is 18.5. The number of carbonyl (C=O) groups excluding carboxylic acids is 3. The number of ketones is 2. The van der Waals surface area contributed by atoms with Gasteiger partial charge < -0.3 is 14.9 Å². The maximum absolute atomic E-state index is 13.1. The van der Waals surface area contributed by atoms with Gasteiger partial charge in [-0.05, 0) is 55.6 Å². The quantitative estimate of drug-likeness (QED) is 0.462. The summed E-state index contributed by atoms with van der Waals surface area (Å²) in [6.07, 6.45) is 6.70. The topological polar surface area (TPSA) is 101 Å². The van der Waals surface area contributed by atoms with Crippen LogP contribution in [0.15, 0.2) is 23.8 Å². The fraction of sp³-hybridized carbons (Fsp3) is 0.708. The summed E-state index contributed by atoms with van der Waals surface area (Å²) in [7, 11) is 0. The SMILES string of the molecule is CC(=O)OCC(=O)[C@@]1(O)[C@H](C)CC2C3CCC4=CC(=O)C=C[C@]4(C)[C@@]3(Br)[C@@H](O)C[C@@]21C. The van der Waals surface area contributed by atoms with E-state index in [1.165, 1.54) is 6.92 Å². The van der Waals surface area contributed by atoms with Crippen molar-refractivity contribution in [2.45, 2.75) is 69.4 Å². The van der Waals surface area contributed by atoms with Crippen LogP contribution in [0.2, 0.25) is 0 Å². The summed E-state index contributed by atoms with van der Waals surface area (Å²) < 4.78 is 4.24. The molecule has 0 radical (unpaired) electrons. The minimum atomic E-state index is -1.68. The molecule has 3 fully saturated rings. The predicted octanol–water partition coefficient (Wildman–Crippen LogP) is 2.89. The van der Waals surface area contributed by atoms with Crippen molar-refractivity contribution in [3.05, 3.63) is 23.8 Å². The van der Waals surface area contributed by atoms with E-state index in [0.717, 1.165) is 18.4 Å². The lowest BCUT2D eigenvalue weighted by Gasteiger charge is -2.64. The number of alkyl halides is 1. The van der Waals surface area contributed by atoms with Gasteiger partial charge in [0.05, 0.1) is 10.4 Å². The number of rotatable bonds is 3. The number of carbonyl (C=O) groups is 3. The van der Waals surface area contributed by atoms with E-state index in [1.807, 2.05) is 19.9 Å². The van der Waals surface area contributed by atoms with E-state index in [2.05, 4.69) is 22.9 Å². The molecule has 0 aliphatic heterocycles. The normalized spacial score (nSPS) is 48.4. The first-order valence-electron chi connectivity index (χ1n) is 11.0. The molecule has 8 atom stereocenters. The lowest BCUT2D eigenvalue weighted by atomic mass is 9.46. The van der Waals surface area contributed by atoms with Crippen molar-refractivity contribution in [1.29, 1.82) is 0 Å². The molecule has 2 N–H and O–H groups in total. The van der Waals surface area contributed by atoms with Gasteiger partial charge in [-0.3, -0.25) is 14.4 Å². The second-order valence-corrected chi connectivity index (χ2v) is 11.7. The number of esters is 1. The molecule has 0 bridgehead atoms. The molecule has 0 saturated heterocycles. The Labute approximate surface area is 191 Å². The number of Topliss-reactive ketones (excluding diaryl/α,β-unsaturated/α-hetero) is 1. The van der Waals surface area contributed by atoms with Gasteiger partial charge in [-0.25, -0.2) is 0 Å².